The molecule has 2 atom stereocenters. The number of aromatic nitrogens is 2. The van der Waals surface area contributed by atoms with Crippen LogP contribution in [-0.2, 0) is 4.79 Å². The van der Waals surface area contributed by atoms with Crippen LogP contribution in [0.4, 0.5) is 0 Å². The van der Waals surface area contributed by atoms with Crippen molar-refractivity contribution in [2.45, 2.75) is 42.6 Å². The van der Waals surface area contributed by atoms with E-state index in [0.29, 0.717) is 16.4 Å². The first-order valence-electron chi connectivity index (χ1n) is 6.65. The maximum absolute atomic E-state index is 11.4. The molecule has 0 radical (unpaired) electrons. The fourth-order valence-corrected chi connectivity index (χ4v) is 4.36. The Morgan fingerprint density at radius 3 is 3.05 bits per heavy atom. The van der Waals surface area contributed by atoms with Crippen molar-refractivity contribution in [3.05, 3.63) is 22.6 Å². The van der Waals surface area contributed by atoms with Gasteiger partial charge in [0.25, 0.3) is 5.56 Å². The zero-order valence-corrected chi connectivity index (χ0v) is 13.0. The van der Waals surface area contributed by atoms with Crippen molar-refractivity contribution >= 4 is 29.5 Å². The van der Waals surface area contributed by atoms with E-state index in [-0.39, 0.29) is 11.3 Å². The van der Waals surface area contributed by atoms with E-state index >= 15 is 0 Å². The number of hydrogen-bond acceptors (Lipinski definition) is 5. The minimum absolute atomic E-state index is 0.0731. The molecule has 5 nitrogen and oxygen atoms in total. The summed E-state index contributed by atoms with van der Waals surface area (Å²) in [6, 6.07) is 1.77. The van der Waals surface area contributed by atoms with Gasteiger partial charge >= 0.3 is 5.97 Å². The number of nitrogens with zero attached hydrogens (tertiary/aromatic N) is 2. The van der Waals surface area contributed by atoms with E-state index in [9.17, 15) is 9.59 Å². The Balaban J connectivity index is 2.14. The van der Waals surface area contributed by atoms with Crippen molar-refractivity contribution < 1.29 is 9.90 Å². The summed E-state index contributed by atoms with van der Waals surface area (Å²) in [6.07, 6.45) is 5.04. The SMILES string of the molecule is CCSC1CCC(n2ccc(=O)nc2SCC(=O)O)C1. The molecule has 1 saturated carbocycles. The van der Waals surface area contributed by atoms with E-state index in [0.717, 1.165) is 30.4 Å². The third-order valence-electron chi connectivity index (χ3n) is 3.28. The molecule has 1 aliphatic rings. The van der Waals surface area contributed by atoms with Crippen molar-refractivity contribution in [1.29, 1.82) is 0 Å². The number of aliphatic carboxylic acids is 1. The first-order chi connectivity index (χ1) is 9.60. The molecule has 0 spiro atoms. The molecule has 7 heteroatoms. The molecule has 1 aromatic heterocycles. The van der Waals surface area contributed by atoms with E-state index in [1.807, 2.05) is 16.3 Å². The van der Waals surface area contributed by atoms with Gasteiger partial charge in [-0.05, 0) is 25.0 Å². The fraction of sp³-hybridized carbons (Fsp3) is 0.615. The highest BCUT2D eigenvalue weighted by Gasteiger charge is 2.27. The molecule has 110 valence electrons. The lowest BCUT2D eigenvalue weighted by molar-refractivity contribution is -0.133. The summed E-state index contributed by atoms with van der Waals surface area (Å²) in [4.78, 5) is 26.0. The predicted octanol–water partition coefficient (Wildman–Crippen LogP) is 2.27. The van der Waals surface area contributed by atoms with Crippen molar-refractivity contribution in [3.8, 4) is 0 Å². The predicted molar refractivity (Wildman–Crippen MR) is 81.7 cm³/mol. The number of carboxylic acid groups (broad SMARTS) is 1. The Kier molecular flexibility index (Phi) is 5.54. The zero-order chi connectivity index (χ0) is 14.5. The third-order valence-corrected chi connectivity index (χ3v) is 5.47. The monoisotopic (exact) mass is 314 g/mol. The van der Waals surface area contributed by atoms with Gasteiger partial charge in [-0.2, -0.15) is 16.7 Å². The van der Waals surface area contributed by atoms with Crippen LogP contribution >= 0.6 is 23.5 Å². The van der Waals surface area contributed by atoms with Crippen LogP contribution in [0.5, 0.6) is 0 Å². The van der Waals surface area contributed by atoms with Crippen molar-refractivity contribution in [2.24, 2.45) is 0 Å². The Morgan fingerprint density at radius 1 is 1.55 bits per heavy atom. The maximum Gasteiger partial charge on any atom is 0.313 e. The van der Waals surface area contributed by atoms with Gasteiger partial charge in [0.05, 0.1) is 5.75 Å². The summed E-state index contributed by atoms with van der Waals surface area (Å²) >= 11 is 3.08. The molecule has 0 aromatic carbocycles. The molecule has 1 N–H and O–H groups in total. The molecule has 1 aliphatic carbocycles. The normalized spacial score (nSPS) is 22.1. The van der Waals surface area contributed by atoms with Gasteiger partial charge in [-0.15, -0.1) is 0 Å². The van der Waals surface area contributed by atoms with Crippen LogP contribution in [0.1, 0.15) is 32.2 Å². The second kappa shape index (κ2) is 7.17. The summed E-state index contributed by atoms with van der Waals surface area (Å²) in [5.41, 5.74) is -0.313. The average molecular weight is 314 g/mol. The van der Waals surface area contributed by atoms with Crippen molar-refractivity contribution in [1.82, 2.24) is 9.55 Å². The number of carbonyl (C=O) groups is 1. The molecule has 20 heavy (non-hydrogen) atoms. The van der Waals surface area contributed by atoms with Crippen LogP contribution in [0.3, 0.4) is 0 Å². The van der Waals surface area contributed by atoms with Gasteiger partial charge in [0, 0.05) is 23.6 Å². The van der Waals surface area contributed by atoms with E-state index in [4.69, 9.17) is 5.11 Å². The van der Waals surface area contributed by atoms with Gasteiger partial charge in [0.15, 0.2) is 5.16 Å². The molecule has 0 saturated heterocycles. The second-order valence-corrected chi connectivity index (χ2v) is 7.20. The third kappa shape index (κ3) is 4.02. The van der Waals surface area contributed by atoms with Crippen molar-refractivity contribution in [2.75, 3.05) is 11.5 Å². The van der Waals surface area contributed by atoms with Crippen LogP contribution in [0.25, 0.3) is 0 Å². The Morgan fingerprint density at radius 2 is 2.35 bits per heavy atom. The number of rotatable bonds is 6. The van der Waals surface area contributed by atoms with E-state index < -0.39 is 5.97 Å². The Hall–Kier alpha value is -0.950. The molecule has 0 aliphatic heterocycles. The Bertz CT molecular complexity index is 533. The summed E-state index contributed by atoms with van der Waals surface area (Å²) in [6.45, 7) is 2.16. The zero-order valence-electron chi connectivity index (χ0n) is 11.3. The molecule has 2 rings (SSSR count). The van der Waals surface area contributed by atoms with Gasteiger partial charge in [-0.1, -0.05) is 18.7 Å². The fourth-order valence-electron chi connectivity index (χ4n) is 2.47. The molecule has 1 heterocycles. The van der Waals surface area contributed by atoms with E-state index in [1.54, 1.807) is 6.20 Å². The van der Waals surface area contributed by atoms with Crippen LogP contribution in [-0.4, -0.2) is 37.4 Å². The van der Waals surface area contributed by atoms with Crippen LogP contribution in [0.15, 0.2) is 22.2 Å². The topological polar surface area (TPSA) is 72.2 Å². The molecule has 0 amide bonds. The number of hydrogen-bond donors (Lipinski definition) is 1. The van der Waals surface area contributed by atoms with Crippen molar-refractivity contribution in [3.63, 3.8) is 0 Å². The van der Waals surface area contributed by atoms with Crippen LogP contribution < -0.4 is 5.56 Å². The van der Waals surface area contributed by atoms with Crippen LogP contribution in [0.2, 0.25) is 0 Å². The summed E-state index contributed by atoms with van der Waals surface area (Å²) in [5, 5.41) is 9.95. The maximum atomic E-state index is 11.4. The summed E-state index contributed by atoms with van der Waals surface area (Å²) in [7, 11) is 0. The van der Waals surface area contributed by atoms with Gasteiger partial charge in [-0.25, -0.2) is 0 Å². The van der Waals surface area contributed by atoms with Gasteiger partial charge in [-0.3, -0.25) is 9.59 Å². The summed E-state index contributed by atoms with van der Waals surface area (Å²) < 4.78 is 1.98. The smallest absolute Gasteiger partial charge is 0.313 e. The van der Waals surface area contributed by atoms with Gasteiger partial charge in [0.1, 0.15) is 0 Å². The van der Waals surface area contributed by atoms with E-state index in [2.05, 4.69) is 11.9 Å². The minimum Gasteiger partial charge on any atom is -0.481 e. The first-order valence-corrected chi connectivity index (χ1v) is 8.69. The second-order valence-electron chi connectivity index (χ2n) is 4.68. The molecule has 1 aromatic rings. The lowest BCUT2D eigenvalue weighted by atomic mass is 10.2. The highest BCUT2D eigenvalue weighted by Crippen LogP contribution is 2.38. The van der Waals surface area contributed by atoms with Gasteiger partial charge < -0.3 is 9.67 Å². The molecular formula is C13H18N2O3S2. The minimum atomic E-state index is -0.898. The van der Waals surface area contributed by atoms with E-state index in [1.165, 1.54) is 12.5 Å². The molecular weight excluding hydrogens is 296 g/mol. The molecule has 2 unspecified atom stereocenters. The Labute approximate surface area is 126 Å². The quantitative estimate of drug-likeness (QED) is 0.641. The highest BCUT2D eigenvalue weighted by atomic mass is 32.2. The highest BCUT2D eigenvalue weighted by molar-refractivity contribution is 8.00. The molecule has 1 fully saturated rings. The summed E-state index contributed by atoms with van der Waals surface area (Å²) in [5.74, 6) is 0.141. The van der Waals surface area contributed by atoms with Gasteiger partial charge in [0.2, 0.25) is 0 Å². The average Bonchev–Trinajstić information content (AvgIpc) is 2.85. The standard InChI is InChI=1S/C13H18N2O3S2/c1-2-19-10-4-3-9(7-10)15-6-5-11(16)14-13(15)20-8-12(17)18/h5-6,9-10H,2-4,7-8H2,1H3,(H,17,18). The first kappa shape index (κ1) is 15.4. The molecule has 0 bridgehead atoms. The lowest BCUT2D eigenvalue weighted by Crippen LogP contribution is -2.17. The lowest BCUT2D eigenvalue weighted by Gasteiger charge is -2.18. The number of carboxylic acids is 1. The number of thioether (sulfide) groups is 2. The largest absolute Gasteiger partial charge is 0.481 e. The van der Waals surface area contributed by atoms with Crippen LogP contribution in [0, 0.1) is 0 Å².